The zero-order valence-electron chi connectivity index (χ0n) is 14.2. The summed E-state index contributed by atoms with van der Waals surface area (Å²) in [5.41, 5.74) is 5.49. The monoisotopic (exact) mass is 354 g/mol. The Bertz CT molecular complexity index is 651. The van der Waals surface area contributed by atoms with Crippen molar-refractivity contribution in [1.29, 1.82) is 0 Å². The Morgan fingerprint density at radius 1 is 1.21 bits per heavy atom. The van der Waals surface area contributed by atoms with Crippen molar-refractivity contribution >= 4 is 35.0 Å². The van der Waals surface area contributed by atoms with E-state index in [2.05, 4.69) is 0 Å². The van der Waals surface area contributed by atoms with Crippen LogP contribution in [0.1, 0.15) is 46.8 Å². The molecule has 1 rings (SSSR count). The Balaban J connectivity index is 2.60. The van der Waals surface area contributed by atoms with Gasteiger partial charge in [-0.25, -0.2) is 4.79 Å². The number of rotatable bonds is 7. The fourth-order valence-corrected chi connectivity index (χ4v) is 3.09. The number of ether oxygens (including phenoxy) is 1. The number of carbonyl (C=O) groups is 4. The van der Waals surface area contributed by atoms with Crippen LogP contribution in [0.15, 0.2) is 6.07 Å². The Labute approximate surface area is 144 Å². The number of primary amides is 1. The van der Waals surface area contributed by atoms with E-state index < -0.39 is 24.0 Å². The Morgan fingerprint density at radius 2 is 1.83 bits per heavy atom. The van der Waals surface area contributed by atoms with E-state index >= 15 is 0 Å². The first-order chi connectivity index (χ1) is 11.1. The molecule has 1 atom stereocenters. The number of carbonyl (C=O) groups excluding carboxylic acids is 4. The number of nitrogens with two attached hydrogens (primary N) is 1. The molecule has 1 heterocycles. The number of hydrogen-bond donors (Lipinski definition) is 2. The molecule has 0 bridgehead atoms. The van der Waals surface area contributed by atoms with Crippen LogP contribution in [-0.4, -0.2) is 29.8 Å². The zero-order valence-corrected chi connectivity index (χ0v) is 15.0. The molecule has 0 saturated heterocycles. The maximum Gasteiger partial charge on any atom is 0.318 e. The second-order valence-corrected chi connectivity index (χ2v) is 7.22. The molecule has 8 heteroatoms. The first-order valence-electron chi connectivity index (χ1n) is 7.51. The third-order valence-corrected chi connectivity index (χ3v) is 4.23. The van der Waals surface area contributed by atoms with Crippen molar-refractivity contribution in [3.8, 4) is 0 Å². The summed E-state index contributed by atoms with van der Waals surface area (Å²) >= 11 is 1.52. The summed E-state index contributed by atoms with van der Waals surface area (Å²) < 4.78 is 5.09. The lowest BCUT2D eigenvalue weighted by Gasteiger charge is -2.19. The van der Waals surface area contributed by atoms with E-state index in [4.69, 9.17) is 10.5 Å². The van der Waals surface area contributed by atoms with Crippen LogP contribution in [0.2, 0.25) is 0 Å². The third-order valence-electron chi connectivity index (χ3n) is 3.27. The van der Waals surface area contributed by atoms with Gasteiger partial charge in [-0.3, -0.25) is 19.7 Å². The number of esters is 1. The van der Waals surface area contributed by atoms with E-state index in [1.165, 1.54) is 11.3 Å². The van der Waals surface area contributed by atoms with Crippen molar-refractivity contribution in [3.05, 3.63) is 21.4 Å². The van der Waals surface area contributed by atoms with Crippen LogP contribution < -0.4 is 11.1 Å². The van der Waals surface area contributed by atoms with Crippen molar-refractivity contribution in [2.75, 3.05) is 0 Å². The van der Waals surface area contributed by atoms with E-state index in [1.807, 2.05) is 19.2 Å². The smallest absolute Gasteiger partial charge is 0.318 e. The van der Waals surface area contributed by atoms with Gasteiger partial charge in [0.1, 0.15) is 0 Å². The van der Waals surface area contributed by atoms with Crippen molar-refractivity contribution in [2.24, 2.45) is 11.7 Å². The molecule has 0 spiro atoms. The summed E-state index contributed by atoms with van der Waals surface area (Å²) in [6.45, 7) is 7.10. The fraction of sp³-hybridized carbons (Fsp3) is 0.500. The van der Waals surface area contributed by atoms with Gasteiger partial charge in [0.05, 0.1) is 6.42 Å². The molecule has 1 unspecified atom stereocenters. The number of aryl methyl sites for hydroxylation is 2. The number of Topliss-reactive ketones (excluding diaryl/α,β-unsaturated/α-hetero) is 1. The molecule has 0 radical (unpaired) electrons. The summed E-state index contributed by atoms with van der Waals surface area (Å²) in [6, 6.07) is 0.783. The normalized spacial score (nSPS) is 11.9. The largest absolute Gasteiger partial charge is 0.452 e. The Morgan fingerprint density at radius 3 is 2.29 bits per heavy atom. The van der Waals surface area contributed by atoms with E-state index in [9.17, 15) is 19.2 Å². The number of hydrogen-bond acceptors (Lipinski definition) is 6. The Kier molecular flexibility index (Phi) is 7.09. The summed E-state index contributed by atoms with van der Waals surface area (Å²) in [5, 5.41) is 1.89. The maximum atomic E-state index is 12.1. The zero-order chi connectivity index (χ0) is 18.4. The minimum absolute atomic E-state index is 0.00188. The predicted molar refractivity (Wildman–Crippen MR) is 89.8 cm³/mol. The lowest BCUT2D eigenvalue weighted by atomic mass is 10.1. The quantitative estimate of drug-likeness (QED) is 0.574. The molecule has 0 aliphatic heterocycles. The summed E-state index contributed by atoms with van der Waals surface area (Å²) in [5.74, 6) is -1.94. The molecule has 0 aliphatic rings. The molecule has 7 nitrogen and oxygen atoms in total. The molecule has 1 aromatic rings. The van der Waals surface area contributed by atoms with Crippen LogP contribution in [0.5, 0.6) is 0 Å². The van der Waals surface area contributed by atoms with Crippen LogP contribution >= 0.6 is 11.3 Å². The van der Waals surface area contributed by atoms with E-state index in [0.29, 0.717) is 5.56 Å². The highest BCUT2D eigenvalue weighted by molar-refractivity contribution is 7.12. The van der Waals surface area contributed by atoms with Crippen LogP contribution in [0, 0.1) is 19.8 Å². The van der Waals surface area contributed by atoms with Gasteiger partial charge in [0.25, 0.3) is 5.91 Å². The van der Waals surface area contributed by atoms with E-state index in [0.717, 1.165) is 9.75 Å². The second kappa shape index (κ2) is 8.58. The van der Waals surface area contributed by atoms with Crippen molar-refractivity contribution in [3.63, 3.8) is 0 Å². The van der Waals surface area contributed by atoms with Crippen LogP contribution in [0.3, 0.4) is 0 Å². The molecule has 3 amide bonds. The van der Waals surface area contributed by atoms with Crippen LogP contribution in [0.4, 0.5) is 4.79 Å². The fourth-order valence-electron chi connectivity index (χ4n) is 2.14. The molecule has 0 aromatic carbocycles. The van der Waals surface area contributed by atoms with Gasteiger partial charge in [-0.05, 0) is 25.8 Å². The highest BCUT2D eigenvalue weighted by Gasteiger charge is 2.27. The average molecular weight is 354 g/mol. The molecule has 132 valence electrons. The molecule has 0 saturated carbocycles. The molecule has 0 aliphatic carbocycles. The SMILES string of the molecule is Cc1cc(C(=O)CCC(=O)OC(C(=O)NC(N)=O)C(C)C)c(C)s1. The van der Waals surface area contributed by atoms with Gasteiger partial charge in [0, 0.05) is 21.7 Å². The summed E-state index contributed by atoms with van der Waals surface area (Å²) in [7, 11) is 0. The average Bonchev–Trinajstić information content (AvgIpc) is 2.79. The number of ketones is 1. The second-order valence-electron chi connectivity index (χ2n) is 5.76. The van der Waals surface area contributed by atoms with Gasteiger partial charge in [-0.1, -0.05) is 13.8 Å². The molecule has 0 fully saturated rings. The standard InChI is InChI=1S/C16H22N2O5S/c1-8(2)14(15(21)18-16(17)22)23-13(20)6-5-12(19)11-7-9(3)24-10(11)4/h7-8,14H,5-6H2,1-4H3,(H3,17,18,21,22). The van der Waals surface area contributed by atoms with Crippen molar-refractivity contribution < 1.29 is 23.9 Å². The van der Waals surface area contributed by atoms with Gasteiger partial charge in [-0.15, -0.1) is 11.3 Å². The number of amides is 3. The first kappa shape index (κ1) is 19.8. The highest BCUT2D eigenvalue weighted by atomic mass is 32.1. The van der Waals surface area contributed by atoms with Gasteiger partial charge in [0.15, 0.2) is 11.9 Å². The minimum Gasteiger partial charge on any atom is -0.452 e. The molecular weight excluding hydrogens is 332 g/mol. The minimum atomic E-state index is -1.13. The van der Waals surface area contributed by atoms with Crippen molar-refractivity contribution in [2.45, 2.75) is 46.6 Å². The third kappa shape index (κ3) is 5.77. The topological polar surface area (TPSA) is 116 Å². The highest BCUT2D eigenvalue weighted by Crippen LogP contribution is 2.22. The maximum absolute atomic E-state index is 12.1. The summed E-state index contributed by atoms with van der Waals surface area (Å²) in [4.78, 5) is 48.5. The van der Waals surface area contributed by atoms with Gasteiger partial charge in [0.2, 0.25) is 0 Å². The molecule has 1 aromatic heterocycles. The number of thiophene rings is 1. The molecule has 24 heavy (non-hydrogen) atoms. The first-order valence-corrected chi connectivity index (χ1v) is 8.33. The van der Waals surface area contributed by atoms with Crippen LogP contribution in [-0.2, 0) is 14.3 Å². The Hall–Kier alpha value is -2.22. The van der Waals surface area contributed by atoms with Gasteiger partial charge >= 0.3 is 12.0 Å². The van der Waals surface area contributed by atoms with Crippen LogP contribution in [0.25, 0.3) is 0 Å². The summed E-state index contributed by atoms with van der Waals surface area (Å²) in [6.07, 6.45) is -1.27. The van der Waals surface area contributed by atoms with Gasteiger partial charge < -0.3 is 10.5 Å². The lowest BCUT2D eigenvalue weighted by molar-refractivity contribution is -0.158. The van der Waals surface area contributed by atoms with Gasteiger partial charge in [-0.2, -0.15) is 0 Å². The molecular formula is C16H22N2O5S. The lowest BCUT2D eigenvalue weighted by Crippen LogP contribution is -2.45. The number of urea groups is 1. The van der Waals surface area contributed by atoms with E-state index in [1.54, 1.807) is 19.9 Å². The van der Waals surface area contributed by atoms with Crippen molar-refractivity contribution in [1.82, 2.24) is 5.32 Å². The molecule has 3 N–H and O–H groups in total. The number of nitrogens with one attached hydrogen (secondary N) is 1. The number of imide groups is 1. The van der Waals surface area contributed by atoms with E-state index in [-0.39, 0.29) is 24.5 Å². The predicted octanol–water partition coefficient (Wildman–Crippen LogP) is 2.09.